The average molecular weight is 404 g/mol. The van der Waals surface area contributed by atoms with Crippen LogP contribution in [-0.2, 0) is 4.74 Å². The van der Waals surface area contributed by atoms with Crippen LogP contribution in [0.15, 0.2) is 29.0 Å². The Labute approximate surface area is 156 Å². The van der Waals surface area contributed by atoms with Crippen molar-refractivity contribution in [3.05, 3.63) is 29.0 Å². The minimum atomic E-state index is 0.492. The Hall–Kier alpha value is -1.53. The van der Waals surface area contributed by atoms with Gasteiger partial charge in [0.15, 0.2) is 13.1 Å². The molecule has 1 saturated carbocycles. The maximum atomic E-state index is 5.43. The van der Waals surface area contributed by atoms with Crippen molar-refractivity contribution >= 4 is 38.9 Å². The molecule has 5 nitrogen and oxygen atoms in total. The van der Waals surface area contributed by atoms with Gasteiger partial charge in [0.05, 0.1) is 5.52 Å². The van der Waals surface area contributed by atoms with E-state index >= 15 is 0 Å². The highest BCUT2D eigenvalue weighted by molar-refractivity contribution is 9.10. The van der Waals surface area contributed by atoms with Crippen molar-refractivity contribution in [1.82, 2.24) is 9.97 Å². The SMILES string of the molecule is Brc1ccc2ncnc(NC3CCC(C=[N+]4CCOCC4)CC3)c2c1. The van der Waals surface area contributed by atoms with E-state index in [9.17, 15) is 0 Å². The van der Waals surface area contributed by atoms with Gasteiger partial charge >= 0.3 is 0 Å². The van der Waals surface area contributed by atoms with Gasteiger partial charge in [0, 0.05) is 21.8 Å². The van der Waals surface area contributed by atoms with E-state index in [2.05, 4.69) is 48.1 Å². The van der Waals surface area contributed by atoms with Crippen LogP contribution in [0.25, 0.3) is 10.9 Å². The minimum Gasteiger partial charge on any atom is -0.368 e. The molecule has 1 aromatic heterocycles. The van der Waals surface area contributed by atoms with Crippen molar-refractivity contribution in [2.75, 3.05) is 31.6 Å². The number of hydrogen-bond donors (Lipinski definition) is 1. The first-order valence-electron chi connectivity index (χ1n) is 9.11. The maximum absolute atomic E-state index is 5.43. The maximum Gasteiger partial charge on any atom is 0.165 e. The summed E-state index contributed by atoms with van der Waals surface area (Å²) in [6.07, 6.45) is 8.95. The number of fused-ring (bicyclic) bond motifs is 1. The first-order valence-corrected chi connectivity index (χ1v) is 9.91. The molecule has 2 fully saturated rings. The second-order valence-corrected chi connectivity index (χ2v) is 7.85. The summed E-state index contributed by atoms with van der Waals surface area (Å²) >= 11 is 3.55. The Morgan fingerprint density at radius 3 is 2.72 bits per heavy atom. The molecule has 0 radical (unpaired) electrons. The van der Waals surface area contributed by atoms with Crippen molar-refractivity contribution in [1.29, 1.82) is 0 Å². The summed E-state index contributed by atoms with van der Waals surface area (Å²) < 4.78 is 8.93. The number of rotatable bonds is 3. The fourth-order valence-corrected chi connectivity index (χ4v) is 4.14. The molecule has 132 valence electrons. The third kappa shape index (κ3) is 4.18. The van der Waals surface area contributed by atoms with Crippen LogP contribution in [0.5, 0.6) is 0 Å². The number of benzene rings is 1. The van der Waals surface area contributed by atoms with Gasteiger partial charge in [-0.05, 0) is 43.9 Å². The highest BCUT2D eigenvalue weighted by Crippen LogP contribution is 2.28. The van der Waals surface area contributed by atoms with Crippen LogP contribution in [0.4, 0.5) is 5.82 Å². The van der Waals surface area contributed by atoms with E-state index in [1.54, 1.807) is 6.33 Å². The lowest BCUT2D eigenvalue weighted by atomic mass is 9.86. The molecule has 2 heterocycles. The number of hydrogen-bond acceptors (Lipinski definition) is 4. The van der Waals surface area contributed by atoms with Crippen molar-refractivity contribution in [3.8, 4) is 0 Å². The molecule has 1 aromatic carbocycles. The number of nitrogens with one attached hydrogen (secondary N) is 1. The van der Waals surface area contributed by atoms with Crippen molar-refractivity contribution < 1.29 is 9.31 Å². The largest absolute Gasteiger partial charge is 0.368 e. The molecular weight excluding hydrogens is 380 g/mol. The summed E-state index contributed by atoms with van der Waals surface area (Å²) in [7, 11) is 0. The Morgan fingerprint density at radius 1 is 1.12 bits per heavy atom. The molecule has 1 aliphatic carbocycles. The smallest absolute Gasteiger partial charge is 0.165 e. The monoisotopic (exact) mass is 403 g/mol. The number of halogens is 1. The predicted octanol–water partition coefficient (Wildman–Crippen LogP) is 3.48. The normalized spacial score (nSPS) is 24.3. The van der Waals surface area contributed by atoms with Gasteiger partial charge in [-0.3, -0.25) is 0 Å². The minimum absolute atomic E-state index is 0.492. The molecule has 1 saturated heterocycles. The molecule has 0 amide bonds. The summed E-state index contributed by atoms with van der Waals surface area (Å²) in [5, 5.41) is 4.74. The van der Waals surface area contributed by atoms with E-state index in [4.69, 9.17) is 4.74 Å². The standard InChI is InChI=1S/C19H24BrN4O/c20-15-3-6-18-17(11-15)19(22-13-21-18)23-16-4-1-14(2-5-16)12-24-7-9-25-10-8-24/h3,6,11-14,16H,1-2,4-5,7-10H2,(H,21,22,23)/q+1. The molecule has 2 aliphatic rings. The molecule has 1 aliphatic heterocycles. The van der Waals surface area contributed by atoms with E-state index in [-0.39, 0.29) is 0 Å². The molecular formula is C19H24BrN4O+. The zero-order valence-electron chi connectivity index (χ0n) is 14.3. The van der Waals surface area contributed by atoms with Crippen molar-refractivity contribution in [2.45, 2.75) is 31.7 Å². The first kappa shape index (κ1) is 16.9. The van der Waals surface area contributed by atoms with Gasteiger partial charge in [-0.2, -0.15) is 0 Å². The molecule has 0 spiro atoms. The number of ether oxygens (including phenoxy) is 1. The molecule has 2 aromatic rings. The summed E-state index contributed by atoms with van der Waals surface area (Å²) in [4.78, 5) is 8.84. The Kier molecular flexibility index (Phi) is 5.27. The van der Waals surface area contributed by atoms with E-state index in [0.29, 0.717) is 12.0 Å². The van der Waals surface area contributed by atoms with Crippen LogP contribution in [-0.4, -0.2) is 53.1 Å². The van der Waals surface area contributed by atoms with Gasteiger partial charge in [-0.15, -0.1) is 0 Å². The Balaban J connectivity index is 1.40. The van der Waals surface area contributed by atoms with Gasteiger partial charge < -0.3 is 10.1 Å². The summed E-state index contributed by atoms with van der Waals surface area (Å²) in [5.41, 5.74) is 0.982. The van der Waals surface area contributed by atoms with Gasteiger partial charge in [-0.1, -0.05) is 15.9 Å². The fourth-order valence-electron chi connectivity index (χ4n) is 3.77. The summed E-state index contributed by atoms with van der Waals surface area (Å²) in [5.74, 6) is 1.65. The highest BCUT2D eigenvalue weighted by Gasteiger charge is 2.24. The Morgan fingerprint density at radius 2 is 1.92 bits per heavy atom. The topological polar surface area (TPSA) is 50.0 Å². The van der Waals surface area contributed by atoms with E-state index < -0.39 is 0 Å². The van der Waals surface area contributed by atoms with Crippen molar-refractivity contribution in [3.63, 3.8) is 0 Å². The van der Waals surface area contributed by atoms with Crippen LogP contribution >= 0.6 is 15.9 Å². The van der Waals surface area contributed by atoms with Crippen LogP contribution in [0.2, 0.25) is 0 Å². The predicted molar refractivity (Wildman–Crippen MR) is 103 cm³/mol. The van der Waals surface area contributed by atoms with Gasteiger partial charge in [-0.25, -0.2) is 14.5 Å². The zero-order valence-corrected chi connectivity index (χ0v) is 15.9. The van der Waals surface area contributed by atoms with Gasteiger partial charge in [0.1, 0.15) is 31.6 Å². The third-order valence-corrected chi connectivity index (χ3v) is 5.67. The lowest BCUT2D eigenvalue weighted by molar-refractivity contribution is -0.547. The van der Waals surface area contributed by atoms with E-state index in [1.807, 2.05) is 12.1 Å². The van der Waals surface area contributed by atoms with Crippen LogP contribution in [0.3, 0.4) is 0 Å². The Bertz CT molecular complexity index is 763. The van der Waals surface area contributed by atoms with Gasteiger partial charge in [0.25, 0.3) is 0 Å². The molecule has 25 heavy (non-hydrogen) atoms. The lowest BCUT2D eigenvalue weighted by Gasteiger charge is -2.27. The molecule has 0 atom stereocenters. The quantitative estimate of drug-likeness (QED) is 0.796. The van der Waals surface area contributed by atoms with E-state index in [1.165, 1.54) is 25.7 Å². The molecule has 6 heteroatoms. The highest BCUT2D eigenvalue weighted by atomic mass is 79.9. The second-order valence-electron chi connectivity index (χ2n) is 6.94. The molecule has 1 N–H and O–H groups in total. The molecule has 4 rings (SSSR count). The number of anilines is 1. The molecule has 0 bridgehead atoms. The summed E-state index contributed by atoms with van der Waals surface area (Å²) in [6, 6.07) is 6.63. The number of aromatic nitrogens is 2. The zero-order chi connectivity index (χ0) is 17.1. The second kappa shape index (κ2) is 7.79. The summed E-state index contributed by atoms with van der Waals surface area (Å²) in [6.45, 7) is 3.81. The fraction of sp³-hybridized carbons (Fsp3) is 0.526. The third-order valence-electron chi connectivity index (χ3n) is 5.18. The lowest BCUT2D eigenvalue weighted by Crippen LogP contribution is -2.33. The first-order chi connectivity index (χ1) is 12.3. The van der Waals surface area contributed by atoms with Crippen LogP contribution < -0.4 is 5.32 Å². The van der Waals surface area contributed by atoms with Crippen LogP contribution in [0.1, 0.15) is 25.7 Å². The van der Waals surface area contributed by atoms with Crippen molar-refractivity contribution in [2.24, 2.45) is 5.92 Å². The number of morpholine rings is 1. The van der Waals surface area contributed by atoms with Crippen LogP contribution in [0, 0.1) is 5.92 Å². The average Bonchev–Trinajstić information content (AvgIpc) is 2.65. The van der Waals surface area contributed by atoms with Gasteiger partial charge in [0.2, 0.25) is 0 Å². The van der Waals surface area contributed by atoms with E-state index in [0.717, 1.165) is 47.5 Å². The number of nitrogens with zero attached hydrogens (tertiary/aromatic N) is 3. The molecule has 0 unspecified atom stereocenters.